The first kappa shape index (κ1) is 20.9. The van der Waals surface area contributed by atoms with Gasteiger partial charge in [0.1, 0.15) is 0 Å². The van der Waals surface area contributed by atoms with E-state index in [-0.39, 0.29) is 6.10 Å². The molecule has 29 heavy (non-hydrogen) atoms. The van der Waals surface area contributed by atoms with Crippen LogP contribution < -0.4 is 0 Å². The van der Waals surface area contributed by atoms with Crippen molar-refractivity contribution in [3.63, 3.8) is 0 Å². The average molecular weight is 494 g/mol. The van der Waals surface area contributed by atoms with Gasteiger partial charge in [-0.15, -0.1) is 11.8 Å². The number of rotatable bonds is 8. The van der Waals surface area contributed by atoms with Crippen LogP contribution in [0.25, 0.3) is 0 Å². The molecule has 152 valence electrons. The predicted molar refractivity (Wildman–Crippen MR) is 120 cm³/mol. The van der Waals surface area contributed by atoms with Gasteiger partial charge in [0.2, 0.25) is 0 Å². The summed E-state index contributed by atoms with van der Waals surface area (Å²) in [4.78, 5) is 5.34. The van der Waals surface area contributed by atoms with Crippen LogP contribution in [-0.2, 0) is 22.4 Å². The topological polar surface area (TPSA) is 36.3 Å². The van der Waals surface area contributed by atoms with Crippen molar-refractivity contribution in [2.24, 2.45) is 0 Å². The van der Waals surface area contributed by atoms with E-state index in [1.54, 1.807) is 18.0 Å². The lowest BCUT2D eigenvalue weighted by molar-refractivity contribution is -0.180. The van der Waals surface area contributed by atoms with Gasteiger partial charge >= 0.3 is 0 Å². The maximum atomic E-state index is 6.49. The number of thioether (sulfide) groups is 1. The van der Waals surface area contributed by atoms with E-state index in [9.17, 15) is 0 Å². The van der Waals surface area contributed by atoms with Gasteiger partial charge in [-0.1, -0.05) is 39.7 Å². The molecule has 2 aromatic carbocycles. The number of benzene rings is 2. The van der Waals surface area contributed by atoms with Crippen LogP contribution in [0.3, 0.4) is 0 Å². The van der Waals surface area contributed by atoms with Crippen LogP contribution in [0.5, 0.6) is 0 Å². The third kappa shape index (κ3) is 5.86. The minimum absolute atomic E-state index is 0.0455. The Labute approximate surface area is 188 Å². The summed E-state index contributed by atoms with van der Waals surface area (Å²) >= 11 is 11.2. The Morgan fingerprint density at radius 2 is 1.97 bits per heavy atom. The molecule has 2 unspecified atom stereocenters. The van der Waals surface area contributed by atoms with Gasteiger partial charge in [0.15, 0.2) is 5.79 Å². The van der Waals surface area contributed by atoms with Crippen molar-refractivity contribution < 1.29 is 9.47 Å². The normalized spacial score (nSPS) is 21.5. The van der Waals surface area contributed by atoms with Crippen molar-refractivity contribution in [1.82, 2.24) is 9.55 Å². The Balaban J connectivity index is 1.40. The summed E-state index contributed by atoms with van der Waals surface area (Å²) in [5.41, 5.74) is 1.27. The molecule has 0 bridgehead atoms. The molecule has 0 aliphatic carbocycles. The number of nitrogens with zero attached hydrogens (tertiary/aromatic N) is 2. The highest BCUT2D eigenvalue weighted by Gasteiger charge is 2.41. The molecule has 1 aliphatic rings. The minimum atomic E-state index is -0.640. The molecule has 0 radical (unpaired) electrons. The highest BCUT2D eigenvalue weighted by Crippen LogP contribution is 2.33. The molecule has 0 spiro atoms. The third-order valence-corrected chi connectivity index (χ3v) is 6.78. The molecule has 7 heteroatoms. The quantitative estimate of drug-likeness (QED) is 0.370. The fourth-order valence-electron chi connectivity index (χ4n) is 3.36. The van der Waals surface area contributed by atoms with E-state index in [1.807, 2.05) is 41.4 Å². The molecule has 2 heterocycles. The van der Waals surface area contributed by atoms with E-state index in [2.05, 4.69) is 45.2 Å². The third-order valence-electron chi connectivity index (χ3n) is 4.85. The zero-order valence-corrected chi connectivity index (χ0v) is 19.0. The van der Waals surface area contributed by atoms with Crippen LogP contribution in [0.2, 0.25) is 5.02 Å². The number of hydrogen-bond acceptors (Lipinski definition) is 4. The number of halogens is 2. The van der Waals surface area contributed by atoms with Crippen LogP contribution in [0, 0.1) is 0 Å². The number of imidazole rings is 1. The van der Waals surface area contributed by atoms with Gasteiger partial charge < -0.3 is 14.0 Å². The highest BCUT2D eigenvalue weighted by molar-refractivity contribution is 9.10. The summed E-state index contributed by atoms with van der Waals surface area (Å²) in [6, 6.07) is 16.3. The van der Waals surface area contributed by atoms with E-state index in [4.69, 9.17) is 21.1 Å². The summed E-state index contributed by atoms with van der Waals surface area (Å²) in [5.74, 6) is 0.199. The first-order valence-corrected chi connectivity index (χ1v) is 11.7. The van der Waals surface area contributed by atoms with Crippen molar-refractivity contribution in [2.45, 2.75) is 36.2 Å². The molecule has 1 fully saturated rings. The Bertz CT molecular complexity index is 906. The molecule has 0 amide bonds. The molecule has 2 atom stereocenters. The molecule has 1 aromatic heterocycles. The molecule has 3 aromatic rings. The summed E-state index contributed by atoms with van der Waals surface area (Å²) in [5, 5.41) is 0.752. The maximum absolute atomic E-state index is 6.49. The van der Waals surface area contributed by atoms with E-state index < -0.39 is 5.79 Å². The van der Waals surface area contributed by atoms with Crippen molar-refractivity contribution in [3.8, 4) is 0 Å². The number of aromatic nitrogens is 2. The number of hydrogen-bond donors (Lipinski definition) is 0. The second kappa shape index (κ2) is 9.67. The Morgan fingerprint density at radius 1 is 1.17 bits per heavy atom. The summed E-state index contributed by atoms with van der Waals surface area (Å²) in [7, 11) is 0. The predicted octanol–water partition coefficient (Wildman–Crippen LogP) is 5.84. The number of aryl methyl sites for hydroxylation is 1. The Morgan fingerprint density at radius 3 is 2.69 bits per heavy atom. The minimum Gasteiger partial charge on any atom is -0.345 e. The van der Waals surface area contributed by atoms with E-state index in [1.165, 1.54) is 10.5 Å². The van der Waals surface area contributed by atoms with Crippen LogP contribution in [0.4, 0.5) is 0 Å². The molecule has 1 saturated heterocycles. The second-order valence-electron chi connectivity index (χ2n) is 7.09. The second-order valence-corrected chi connectivity index (χ2v) is 9.53. The lowest BCUT2D eigenvalue weighted by Gasteiger charge is -2.28. The zero-order chi connectivity index (χ0) is 20.1. The van der Waals surface area contributed by atoms with Crippen molar-refractivity contribution in [3.05, 3.63) is 82.3 Å². The van der Waals surface area contributed by atoms with Crippen molar-refractivity contribution in [2.75, 3.05) is 12.4 Å². The van der Waals surface area contributed by atoms with Crippen LogP contribution in [0.15, 0.2) is 76.6 Å². The lowest BCUT2D eigenvalue weighted by atomic mass is 10.0. The summed E-state index contributed by atoms with van der Waals surface area (Å²) in [6.07, 6.45) is 7.26. The van der Waals surface area contributed by atoms with Gasteiger partial charge in [0.25, 0.3) is 0 Å². The number of ether oxygens (including phenoxy) is 2. The molecular weight excluding hydrogens is 472 g/mol. The summed E-state index contributed by atoms with van der Waals surface area (Å²) < 4.78 is 15.9. The molecule has 1 aliphatic heterocycles. The summed E-state index contributed by atoms with van der Waals surface area (Å²) in [6.45, 7) is 1.22. The SMILES string of the molecule is Clc1ccc(SCC2COC(CCc3ccc(Br)cc3)(Cn3ccnc3)O2)cc1. The standard InChI is InChI=1S/C22H22BrClN2O2S/c23-18-3-1-17(2-4-18)9-10-22(15-26-12-11-25-16-26)27-13-20(28-22)14-29-21-7-5-19(24)6-8-21/h1-8,11-12,16,20H,9-10,13-15H2. The van der Waals surface area contributed by atoms with Crippen molar-refractivity contribution >= 4 is 39.3 Å². The Hall–Kier alpha value is -1.31. The van der Waals surface area contributed by atoms with Gasteiger partial charge in [-0.25, -0.2) is 4.98 Å². The molecule has 0 saturated carbocycles. The molecule has 4 rings (SSSR count). The molecule has 4 nitrogen and oxygen atoms in total. The Kier molecular flexibility index (Phi) is 6.98. The van der Waals surface area contributed by atoms with Gasteiger partial charge in [-0.3, -0.25) is 0 Å². The van der Waals surface area contributed by atoms with Crippen molar-refractivity contribution in [1.29, 1.82) is 0 Å². The maximum Gasteiger partial charge on any atom is 0.187 e. The van der Waals surface area contributed by atoms with Crippen LogP contribution in [0.1, 0.15) is 12.0 Å². The fraction of sp³-hybridized carbons (Fsp3) is 0.318. The first-order valence-electron chi connectivity index (χ1n) is 9.51. The zero-order valence-electron chi connectivity index (χ0n) is 15.8. The largest absolute Gasteiger partial charge is 0.345 e. The van der Waals surface area contributed by atoms with E-state index in [0.29, 0.717) is 13.2 Å². The highest BCUT2D eigenvalue weighted by atomic mass is 79.9. The van der Waals surface area contributed by atoms with Crippen LogP contribution in [-0.4, -0.2) is 33.8 Å². The van der Waals surface area contributed by atoms with Gasteiger partial charge in [0.05, 0.1) is 25.6 Å². The van der Waals surface area contributed by atoms with Gasteiger partial charge in [0, 0.05) is 39.0 Å². The smallest absolute Gasteiger partial charge is 0.187 e. The lowest BCUT2D eigenvalue weighted by Crippen LogP contribution is -2.37. The van der Waals surface area contributed by atoms with Gasteiger partial charge in [-0.05, 0) is 48.4 Å². The van der Waals surface area contributed by atoms with Gasteiger partial charge in [-0.2, -0.15) is 0 Å². The van der Waals surface area contributed by atoms with E-state index in [0.717, 1.165) is 28.1 Å². The monoisotopic (exact) mass is 492 g/mol. The van der Waals surface area contributed by atoms with Crippen LogP contribution >= 0.6 is 39.3 Å². The average Bonchev–Trinajstić information content (AvgIpc) is 3.38. The molecule has 0 N–H and O–H groups in total. The molecular formula is C22H22BrClN2O2S. The first-order chi connectivity index (χ1) is 14.1. The fourth-order valence-corrected chi connectivity index (χ4v) is 4.62. The van der Waals surface area contributed by atoms with E-state index >= 15 is 0 Å².